The molecule has 0 saturated carbocycles. The zero-order chi connectivity index (χ0) is 14.4. The second kappa shape index (κ2) is 4.95. The number of H-pyrrole nitrogens is 1. The van der Waals surface area contributed by atoms with Crippen LogP contribution in [0.1, 0.15) is 0 Å². The summed E-state index contributed by atoms with van der Waals surface area (Å²) in [4.78, 5) is 2.86. The number of aromatic nitrogens is 2. The molecule has 3 rings (SSSR count). The van der Waals surface area contributed by atoms with Crippen LogP contribution >= 0.6 is 39.7 Å². The average Bonchev–Trinajstić information content (AvgIpc) is 2.67. The Morgan fingerprint density at radius 1 is 1.20 bits per heavy atom. The summed E-state index contributed by atoms with van der Waals surface area (Å²) in [5, 5.41) is 0.435. The summed E-state index contributed by atoms with van der Waals surface area (Å²) < 4.78 is 30.0. The molecule has 2 aromatic carbocycles. The minimum absolute atomic E-state index is 0.174. The van der Waals surface area contributed by atoms with E-state index in [-0.39, 0.29) is 10.5 Å². The van der Waals surface area contributed by atoms with Gasteiger partial charge >= 0.3 is 0 Å². The minimum atomic E-state index is -0.714. The lowest BCUT2D eigenvalue weighted by Gasteiger charge is -2.08. The number of fused-ring (bicyclic) bond motifs is 1. The number of hydrogen-bond acceptors (Lipinski definition) is 1. The zero-order valence-electron chi connectivity index (χ0n) is 9.75. The van der Waals surface area contributed by atoms with Crippen LogP contribution < -0.4 is 0 Å². The number of para-hydroxylation sites is 1. The smallest absolute Gasteiger partial charge is 0.182 e. The van der Waals surface area contributed by atoms with Crippen molar-refractivity contribution in [2.45, 2.75) is 0 Å². The Balaban J connectivity index is 2.45. The molecule has 0 spiro atoms. The van der Waals surface area contributed by atoms with Gasteiger partial charge < -0.3 is 4.98 Å². The quantitative estimate of drug-likeness (QED) is 0.566. The third-order valence-corrected chi connectivity index (χ3v) is 3.93. The summed E-state index contributed by atoms with van der Waals surface area (Å²) in [7, 11) is 0. The fraction of sp³-hybridized carbons (Fsp3) is 0. The summed E-state index contributed by atoms with van der Waals surface area (Å²) >= 11 is 14.2. The molecule has 0 aliphatic heterocycles. The third kappa shape index (κ3) is 2.08. The van der Waals surface area contributed by atoms with Crippen LogP contribution in [0.4, 0.5) is 8.78 Å². The normalized spacial score (nSPS) is 11.2. The Hall–Kier alpha value is -1.24. The van der Waals surface area contributed by atoms with Crippen LogP contribution in [0, 0.1) is 16.4 Å². The first-order valence-corrected chi connectivity index (χ1v) is 7.11. The van der Waals surface area contributed by atoms with E-state index >= 15 is 0 Å². The number of aromatic amines is 1. The highest BCUT2D eigenvalue weighted by Gasteiger charge is 2.17. The standard InChI is InChI=1S/C13H6BrClF2N2S/c14-6-4-8(16)12(9(17)5-6)19-10-3-1-2-7(15)11(10)18-13(19)20/h1-5H,(H,18,20). The molecule has 1 heterocycles. The molecular weight excluding hydrogens is 370 g/mol. The molecule has 20 heavy (non-hydrogen) atoms. The van der Waals surface area contributed by atoms with E-state index in [1.807, 2.05) is 0 Å². The van der Waals surface area contributed by atoms with Crippen LogP contribution in [-0.2, 0) is 0 Å². The number of nitrogens with one attached hydrogen (secondary N) is 1. The number of nitrogens with zero attached hydrogens (tertiary/aromatic N) is 1. The first kappa shape index (κ1) is 13.7. The van der Waals surface area contributed by atoms with Gasteiger partial charge in [0.1, 0.15) is 5.69 Å². The van der Waals surface area contributed by atoms with E-state index in [2.05, 4.69) is 20.9 Å². The van der Waals surface area contributed by atoms with Gasteiger partial charge in [0, 0.05) is 4.47 Å². The first-order chi connectivity index (χ1) is 9.49. The van der Waals surface area contributed by atoms with Crippen molar-refractivity contribution in [3.05, 3.63) is 56.2 Å². The van der Waals surface area contributed by atoms with E-state index in [1.54, 1.807) is 18.2 Å². The van der Waals surface area contributed by atoms with Crippen LogP contribution in [0.5, 0.6) is 0 Å². The van der Waals surface area contributed by atoms with Crippen molar-refractivity contribution in [3.63, 3.8) is 0 Å². The summed E-state index contributed by atoms with van der Waals surface area (Å²) in [6, 6.07) is 7.42. The van der Waals surface area contributed by atoms with Crippen molar-refractivity contribution in [3.8, 4) is 5.69 Å². The SMILES string of the molecule is Fc1cc(Br)cc(F)c1-n1c(=S)[nH]c2c(Cl)cccc21. The molecule has 102 valence electrons. The Bertz CT molecular complexity index is 865. The molecule has 0 fully saturated rings. The van der Waals surface area contributed by atoms with Crippen molar-refractivity contribution in [2.24, 2.45) is 0 Å². The maximum Gasteiger partial charge on any atom is 0.182 e. The molecule has 0 unspecified atom stereocenters. The van der Waals surface area contributed by atoms with E-state index in [1.165, 1.54) is 16.7 Å². The van der Waals surface area contributed by atoms with E-state index in [9.17, 15) is 8.78 Å². The molecule has 3 aromatic rings. The molecule has 0 atom stereocenters. The molecule has 7 heteroatoms. The summed E-state index contributed by atoms with van der Waals surface area (Å²) in [5.41, 5.74) is 0.829. The van der Waals surface area contributed by atoms with Crippen molar-refractivity contribution >= 4 is 50.8 Å². The predicted octanol–water partition coefficient (Wildman–Crippen LogP) is 5.38. The van der Waals surface area contributed by atoms with E-state index < -0.39 is 11.6 Å². The van der Waals surface area contributed by atoms with Crippen molar-refractivity contribution in [1.82, 2.24) is 9.55 Å². The number of imidazole rings is 1. The van der Waals surface area contributed by atoms with Gasteiger partial charge in [0.2, 0.25) is 0 Å². The third-order valence-electron chi connectivity index (χ3n) is 2.87. The summed E-state index contributed by atoms with van der Waals surface area (Å²) in [6.07, 6.45) is 0. The lowest BCUT2D eigenvalue weighted by molar-refractivity contribution is 0.569. The molecule has 0 aliphatic rings. The highest BCUT2D eigenvalue weighted by molar-refractivity contribution is 9.10. The Morgan fingerprint density at radius 2 is 1.85 bits per heavy atom. The number of benzene rings is 2. The van der Waals surface area contributed by atoms with Crippen LogP contribution in [-0.4, -0.2) is 9.55 Å². The molecular formula is C13H6BrClF2N2S. The zero-order valence-corrected chi connectivity index (χ0v) is 12.9. The van der Waals surface area contributed by atoms with Gasteiger partial charge in [-0.2, -0.15) is 0 Å². The minimum Gasteiger partial charge on any atom is -0.329 e. The highest BCUT2D eigenvalue weighted by atomic mass is 79.9. The van der Waals surface area contributed by atoms with Crippen LogP contribution in [0.15, 0.2) is 34.8 Å². The average molecular weight is 376 g/mol. The second-order valence-electron chi connectivity index (χ2n) is 4.12. The fourth-order valence-corrected chi connectivity index (χ4v) is 2.98. The van der Waals surface area contributed by atoms with E-state index in [0.29, 0.717) is 20.5 Å². The van der Waals surface area contributed by atoms with Gasteiger partial charge in [-0.25, -0.2) is 8.78 Å². The lowest BCUT2D eigenvalue weighted by Crippen LogP contribution is -2.01. The van der Waals surface area contributed by atoms with Gasteiger partial charge in [0.15, 0.2) is 16.4 Å². The van der Waals surface area contributed by atoms with Crippen molar-refractivity contribution in [2.75, 3.05) is 0 Å². The Morgan fingerprint density at radius 3 is 2.50 bits per heavy atom. The number of hydrogen-bond donors (Lipinski definition) is 1. The number of halogens is 4. The van der Waals surface area contributed by atoms with Gasteiger partial charge in [-0.3, -0.25) is 4.57 Å². The first-order valence-electron chi connectivity index (χ1n) is 5.53. The molecule has 1 N–H and O–H groups in total. The largest absolute Gasteiger partial charge is 0.329 e. The van der Waals surface area contributed by atoms with Gasteiger partial charge in [-0.15, -0.1) is 0 Å². The predicted molar refractivity (Wildman–Crippen MR) is 81.1 cm³/mol. The van der Waals surface area contributed by atoms with Crippen molar-refractivity contribution < 1.29 is 8.78 Å². The molecule has 2 nitrogen and oxygen atoms in total. The molecule has 0 amide bonds. The summed E-state index contributed by atoms with van der Waals surface area (Å²) in [5.74, 6) is -1.43. The Kier molecular flexibility index (Phi) is 3.40. The van der Waals surface area contributed by atoms with Crippen LogP contribution in [0.25, 0.3) is 16.7 Å². The Labute approximate surface area is 131 Å². The molecule has 1 aromatic heterocycles. The number of rotatable bonds is 1. The topological polar surface area (TPSA) is 20.7 Å². The van der Waals surface area contributed by atoms with Gasteiger partial charge in [-0.1, -0.05) is 33.6 Å². The monoisotopic (exact) mass is 374 g/mol. The maximum absolute atomic E-state index is 14.1. The van der Waals surface area contributed by atoms with E-state index in [4.69, 9.17) is 23.8 Å². The lowest BCUT2D eigenvalue weighted by atomic mass is 10.2. The second-order valence-corrected chi connectivity index (χ2v) is 5.83. The van der Waals surface area contributed by atoms with Gasteiger partial charge in [0.05, 0.1) is 16.1 Å². The van der Waals surface area contributed by atoms with Crippen LogP contribution in [0.2, 0.25) is 5.02 Å². The highest BCUT2D eigenvalue weighted by Crippen LogP contribution is 2.29. The molecule has 0 bridgehead atoms. The molecule has 0 radical (unpaired) electrons. The van der Waals surface area contributed by atoms with Gasteiger partial charge in [-0.05, 0) is 36.5 Å². The molecule has 0 aliphatic carbocycles. The fourth-order valence-electron chi connectivity index (χ4n) is 2.07. The van der Waals surface area contributed by atoms with Crippen molar-refractivity contribution in [1.29, 1.82) is 0 Å². The van der Waals surface area contributed by atoms with E-state index in [0.717, 1.165) is 0 Å². The maximum atomic E-state index is 14.1. The van der Waals surface area contributed by atoms with Gasteiger partial charge in [0.25, 0.3) is 0 Å². The van der Waals surface area contributed by atoms with Crippen LogP contribution in [0.3, 0.4) is 0 Å². The summed E-state index contributed by atoms with van der Waals surface area (Å²) in [6.45, 7) is 0. The molecule has 0 saturated heterocycles.